The highest BCUT2D eigenvalue weighted by molar-refractivity contribution is 5.92. The van der Waals surface area contributed by atoms with Gasteiger partial charge in [0.2, 0.25) is 5.91 Å². The summed E-state index contributed by atoms with van der Waals surface area (Å²) in [5.74, 6) is 0.189. The Morgan fingerprint density at radius 3 is 2.64 bits per heavy atom. The minimum Gasteiger partial charge on any atom is -0.494 e. The van der Waals surface area contributed by atoms with Gasteiger partial charge in [-0.1, -0.05) is 12.8 Å². The first-order valence-electron chi connectivity index (χ1n) is 9.09. The van der Waals surface area contributed by atoms with Crippen molar-refractivity contribution in [1.29, 1.82) is 0 Å². The van der Waals surface area contributed by atoms with Crippen LogP contribution in [-0.4, -0.2) is 47.1 Å². The maximum absolute atomic E-state index is 12.4. The molecule has 0 spiro atoms. The summed E-state index contributed by atoms with van der Waals surface area (Å²) in [5, 5.41) is 12.4. The van der Waals surface area contributed by atoms with E-state index in [1.165, 1.54) is 6.42 Å². The lowest BCUT2D eigenvalue weighted by atomic mass is 9.85. The molecule has 1 amide bonds. The smallest absolute Gasteiger partial charge is 0.320 e. The molecule has 3 atom stereocenters. The first-order chi connectivity index (χ1) is 12.1. The predicted octanol–water partition coefficient (Wildman–Crippen LogP) is 2.74. The highest BCUT2D eigenvalue weighted by Gasteiger charge is 2.45. The van der Waals surface area contributed by atoms with E-state index in [-0.39, 0.29) is 18.5 Å². The van der Waals surface area contributed by atoms with Gasteiger partial charge in [-0.3, -0.25) is 14.5 Å². The number of hydrogen-bond donors (Lipinski definition) is 2. The van der Waals surface area contributed by atoms with E-state index in [1.807, 2.05) is 24.0 Å². The van der Waals surface area contributed by atoms with E-state index in [0.717, 1.165) is 25.0 Å². The number of nitrogens with zero attached hydrogens (tertiary/aromatic N) is 1. The van der Waals surface area contributed by atoms with Crippen molar-refractivity contribution in [1.82, 2.24) is 4.90 Å². The number of benzene rings is 1. The lowest BCUT2D eigenvalue weighted by Gasteiger charge is -2.32. The third kappa shape index (κ3) is 4.12. The maximum Gasteiger partial charge on any atom is 0.320 e. The zero-order chi connectivity index (χ0) is 17.8. The average Bonchev–Trinajstić information content (AvgIpc) is 2.96. The predicted molar refractivity (Wildman–Crippen MR) is 94.7 cm³/mol. The zero-order valence-electron chi connectivity index (χ0n) is 14.6. The molecule has 3 rings (SSSR count). The van der Waals surface area contributed by atoms with Gasteiger partial charge in [-0.15, -0.1) is 0 Å². The van der Waals surface area contributed by atoms with Crippen LogP contribution in [0, 0.1) is 5.92 Å². The Labute approximate surface area is 148 Å². The van der Waals surface area contributed by atoms with Crippen LogP contribution in [0.2, 0.25) is 0 Å². The fourth-order valence-electron chi connectivity index (χ4n) is 4.19. The highest BCUT2D eigenvalue weighted by atomic mass is 16.5. The van der Waals surface area contributed by atoms with Crippen molar-refractivity contribution < 1.29 is 19.4 Å². The molecule has 2 fully saturated rings. The van der Waals surface area contributed by atoms with E-state index in [9.17, 15) is 14.7 Å². The molecule has 1 aromatic carbocycles. The molecular formula is C19H26N2O4. The molecule has 6 heteroatoms. The summed E-state index contributed by atoms with van der Waals surface area (Å²) in [7, 11) is 0. The number of fused-ring (bicyclic) bond motifs is 1. The molecule has 2 aliphatic rings. The Morgan fingerprint density at radius 2 is 1.96 bits per heavy atom. The first-order valence-corrected chi connectivity index (χ1v) is 9.09. The van der Waals surface area contributed by atoms with Crippen molar-refractivity contribution in [3.63, 3.8) is 0 Å². The minimum atomic E-state index is -0.816. The van der Waals surface area contributed by atoms with Gasteiger partial charge in [0.15, 0.2) is 0 Å². The van der Waals surface area contributed by atoms with Crippen molar-refractivity contribution in [3.05, 3.63) is 24.3 Å². The molecule has 6 nitrogen and oxygen atoms in total. The molecule has 0 radical (unpaired) electrons. The number of amides is 1. The van der Waals surface area contributed by atoms with Crippen LogP contribution in [0.5, 0.6) is 5.75 Å². The molecule has 1 saturated carbocycles. The Balaban J connectivity index is 1.63. The number of carbonyl (C=O) groups is 2. The van der Waals surface area contributed by atoms with Crippen LogP contribution in [0.4, 0.5) is 5.69 Å². The second-order valence-electron chi connectivity index (χ2n) is 6.88. The summed E-state index contributed by atoms with van der Waals surface area (Å²) in [5.41, 5.74) is 0.694. The Hall–Kier alpha value is -2.08. The van der Waals surface area contributed by atoms with E-state index >= 15 is 0 Å². The summed E-state index contributed by atoms with van der Waals surface area (Å²) in [6.07, 6.45) is 5.01. The summed E-state index contributed by atoms with van der Waals surface area (Å²) in [6, 6.07) is 6.90. The van der Waals surface area contributed by atoms with Gasteiger partial charge >= 0.3 is 5.97 Å². The molecule has 136 valence electrons. The number of anilines is 1. The van der Waals surface area contributed by atoms with Gasteiger partial charge in [0.05, 0.1) is 13.2 Å². The van der Waals surface area contributed by atoms with Crippen molar-refractivity contribution in [3.8, 4) is 5.75 Å². The van der Waals surface area contributed by atoms with Crippen LogP contribution in [0.1, 0.15) is 39.0 Å². The van der Waals surface area contributed by atoms with Crippen LogP contribution in [0.15, 0.2) is 24.3 Å². The lowest BCUT2D eigenvalue weighted by molar-refractivity contribution is -0.143. The Morgan fingerprint density at radius 1 is 1.24 bits per heavy atom. The van der Waals surface area contributed by atoms with E-state index in [4.69, 9.17) is 4.74 Å². The number of carboxylic acid groups (broad SMARTS) is 1. The second-order valence-corrected chi connectivity index (χ2v) is 6.88. The van der Waals surface area contributed by atoms with Crippen molar-refractivity contribution in [2.75, 3.05) is 18.5 Å². The molecular weight excluding hydrogens is 320 g/mol. The molecule has 1 heterocycles. The van der Waals surface area contributed by atoms with Gasteiger partial charge in [-0.2, -0.15) is 0 Å². The van der Waals surface area contributed by atoms with E-state index in [0.29, 0.717) is 24.6 Å². The summed E-state index contributed by atoms with van der Waals surface area (Å²) < 4.78 is 5.39. The first kappa shape index (κ1) is 17.7. The Kier molecular flexibility index (Phi) is 5.58. The molecule has 0 aromatic heterocycles. The van der Waals surface area contributed by atoms with E-state index in [1.54, 1.807) is 12.1 Å². The van der Waals surface area contributed by atoms with Gasteiger partial charge in [-0.25, -0.2) is 0 Å². The normalized spacial score (nSPS) is 26.0. The topological polar surface area (TPSA) is 78.9 Å². The van der Waals surface area contributed by atoms with Crippen molar-refractivity contribution >= 4 is 17.6 Å². The molecule has 25 heavy (non-hydrogen) atoms. The van der Waals surface area contributed by atoms with Crippen molar-refractivity contribution in [2.24, 2.45) is 5.92 Å². The summed E-state index contributed by atoms with van der Waals surface area (Å²) >= 11 is 0. The molecule has 0 bridgehead atoms. The molecule has 1 aliphatic heterocycles. The second kappa shape index (κ2) is 7.87. The summed E-state index contributed by atoms with van der Waals surface area (Å²) in [6.45, 7) is 2.65. The van der Waals surface area contributed by atoms with Gasteiger partial charge in [0.25, 0.3) is 0 Å². The van der Waals surface area contributed by atoms with Gasteiger partial charge in [0, 0.05) is 11.7 Å². The molecule has 1 saturated heterocycles. The van der Waals surface area contributed by atoms with Crippen LogP contribution >= 0.6 is 0 Å². The monoisotopic (exact) mass is 346 g/mol. The molecule has 2 N–H and O–H groups in total. The fraction of sp³-hybridized carbons (Fsp3) is 0.579. The number of rotatable bonds is 6. The number of hydrogen-bond acceptors (Lipinski definition) is 4. The maximum atomic E-state index is 12.4. The summed E-state index contributed by atoms with van der Waals surface area (Å²) in [4.78, 5) is 26.0. The largest absolute Gasteiger partial charge is 0.494 e. The SMILES string of the molecule is CCOc1ccc(NC(=O)CN2C(C(=O)O)CC3CCCCC32)cc1. The average molecular weight is 346 g/mol. The lowest BCUT2D eigenvalue weighted by Crippen LogP contribution is -2.46. The highest BCUT2D eigenvalue weighted by Crippen LogP contribution is 2.39. The third-order valence-corrected chi connectivity index (χ3v) is 5.28. The minimum absolute atomic E-state index is 0.130. The van der Waals surface area contributed by atoms with Crippen molar-refractivity contribution in [2.45, 2.75) is 51.1 Å². The zero-order valence-corrected chi connectivity index (χ0v) is 14.6. The van der Waals surface area contributed by atoms with E-state index < -0.39 is 12.0 Å². The number of nitrogens with one attached hydrogen (secondary N) is 1. The van der Waals surface area contributed by atoms with Gasteiger partial charge in [-0.05, 0) is 56.4 Å². The number of likely N-dealkylation sites (tertiary alicyclic amines) is 1. The third-order valence-electron chi connectivity index (χ3n) is 5.28. The standard InChI is InChI=1S/C19H26N2O4/c1-2-25-15-9-7-14(8-10-15)20-18(22)12-21-16-6-4-3-5-13(16)11-17(21)19(23)24/h7-10,13,16-17H,2-6,11-12H2,1H3,(H,20,22)(H,23,24). The molecule has 1 aromatic rings. The number of carboxylic acids is 1. The van der Waals surface area contributed by atoms with Crippen LogP contribution in [0.3, 0.4) is 0 Å². The van der Waals surface area contributed by atoms with Gasteiger partial charge < -0.3 is 15.2 Å². The molecule has 1 aliphatic carbocycles. The fourth-order valence-corrected chi connectivity index (χ4v) is 4.19. The van der Waals surface area contributed by atoms with Crippen LogP contribution < -0.4 is 10.1 Å². The Bertz CT molecular complexity index is 616. The number of ether oxygens (including phenoxy) is 1. The number of carbonyl (C=O) groups excluding carboxylic acids is 1. The van der Waals surface area contributed by atoms with Crippen LogP contribution in [-0.2, 0) is 9.59 Å². The van der Waals surface area contributed by atoms with E-state index in [2.05, 4.69) is 5.32 Å². The molecule has 3 unspecified atom stereocenters. The quantitative estimate of drug-likeness (QED) is 0.828. The number of aliphatic carboxylic acids is 1. The van der Waals surface area contributed by atoms with Gasteiger partial charge in [0.1, 0.15) is 11.8 Å². The van der Waals surface area contributed by atoms with Crippen LogP contribution in [0.25, 0.3) is 0 Å².